The molecule has 1 aliphatic heterocycles. The minimum Gasteiger partial charge on any atom is -0.488 e. The number of nitrogens with zero attached hydrogens (tertiary/aromatic N) is 2. The highest BCUT2D eigenvalue weighted by molar-refractivity contribution is 8.00. The fourth-order valence-corrected chi connectivity index (χ4v) is 5.40. The van der Waals surface area contributed by atoms with E-state index in [0.29, 0.717) is 18.7 Å². The number of rotatable bonds is 8. The smallest absolute Gasteiger partial charge is 0.420 e. The largest absolute Gasteiger partial charge is 0.488 e. The number of hydrogen-bond donors (Lipinski definition) is 1. The molecule has 0 saturated carbocycles. The van der Waals surface area contributed by atoms with E-state index in [9.17, 15) is 36.2 Å². The third-order valence-corrected chi connectivity index (χ3v) is 7.43. The molecule has 2 unspecified atom stereocenters. The van der Waals surface area contributed by atoms with Gasteiger partial charge in [-0.05, 0) is 49.7 Å². The SMILES string of the molecule is CC(F)(F)CCC1CN(c2cccc(F)c2)c2cc(C(F)(F)F)c(OCc3cccnc3C(=O)O)cc2SC1F. The first-order valence-corrected chi connectivity index (χ1v) is 12.9. The van der Waals surface area contributed by atoms with Crippen LogP contribution in [-0.2, 0) is 12.8 Å². The lowest BCUT2D eigenvalue weighted by Crippen LogP contribution is -2.29. The van der Waals surface area contributed by atoms with Gasteiger partial charge in [-0.2, -0.15) is 13.2 Å². The maximum absolute atomic E-state index is 15.5. The first-order valence-electron chi connectivity index (χ1n) is 12.0. The number of benzene rings is 2. The van der Waals surface area contributed by atoms with Gasteiger partial charge in [0.1, 0.15) is 18.2 Å². The lowest BCUT2D eigenvalue weighted by molar-refractivity contribution is -0.139. The van der Waals surface area contributed by atoms with Crippen molar-refractivity contribution in [2.75, 3.05) is 11.4 Å². The summed E-state index contributed by atoms with van der Waals surface area (Å²) >= 11 is 0.556. The number of alkyl halides is 6. The van der Waals surface area contributed by atoms with Gasteiger partial charge in [-0.25, -0.2) is 27.3 Å². The number of ether oxygens (including phenoxy) is 1. The topological polar surface area (TPSA) is 62.7 Å². The monoisotopic (exact) mass is 588 g/mol. The Bertz CT molecular complexity index is 1380. The predicted molar refractivity (Wildman–Crippen MR) is 134 cm³/mol. The Morgan fingerprint density at radius 3 is 2.55 bits per heavy atom. The number of carbonyl (C=O) groups is 1. The highest BCUT2D eigenvalue weighted by atomic mass is 32.2. The average Bonchev–Trinajstić information content (AvgIpc) is 3.00. The summed E-state index contributed by atoms with van der Waals surface area (Å²) < 4.78 is 105. The lowest BCUT2D eigenvalue weighted by atomic mass is 10.00. The standard InChI is InChI=1S/C27H23F7N2O3S/c1-26(30,31)8-7-15-13-36(18-6-2-5-17(28)10-18)20-11-19(27(32,33)34)21(12-22(20)40-24(15)29)39-14-16-4-3-9-35-23(16)25(37)38/h2-6,9-12,15,24H,7-8,13-14H2,1H3,(H,37,38). The highest BCUT2D eigenvalue weighted by Gasteiger charge is 2.39. The molecular weight excluding hydrogens is 565 g/mol. The zero-order valence-corrected chi connectivity index (χ0v) is 21.7. The van der Waals surface area contributed by atoms with Gasteiger partial charge in [-0.3, -0.25) is 0 Å². The molecule has 40 heavy (non-hydrogen) atoms. The molecular formula is C27H23F7N2O3S. The molecule has 0 bridgehead atoms. The molecule has 0 spiro atoms. The minimum absolute atomic E-state index is 0.00941. The van der Waals surface area contributed by atoms with Crippen molar-refractivity contribution in [2.24, 2.45) is 5.92 Å². The van der Waals surface area contributed by atoms with Crippen LogP contribution >= 0.6 is 11.8 Å². The first kappa shape index (κ1) is 29.5. The summed E-state index contributed by atoms with van der Waals surface area (Å²) in [5, 5.41) is 9.32. The van der Waals surface area contributed by atoms with Crippen molar-refractivity contribution in [3.63, 3.8) is 0 Å². The number of pyridine rings is 1. The Labute approximate surface area is 229 Å². The van der Waals surface area contributed by atoms with Crippen LogP contribution in [0.15, 0.2) is 59.6 Å². The van der Waals surface area contributed by atoms with Crippen molar-refractivity contribution in [1.29, 1.82) is 0 Å². The quantitative estimate of drug-likeness (QED) is 0.268. The van der Waals surface area contributed by atoms with Gasteiger partial charge in [0.05, 0.1) is 11.3 Å². The number of fused-ring (bicyclic) bond motifs is 1. The molecule has 3 aromatic rings. The van der Waals surface area contributed by atoms with Crippen molar-refractivity contribution in [2.45, 2.75) is 48.9 Å². The Balaban J connectivity index is 1.79. The second-order valence-electron chi connectivity index (χ2n) is 9.35. The maximum atomic E-state index is 15.5. The lowest BCUT2D eigenvalue weighted by Gasteiger charge is -2.29. The summed E-state index contributed by atoms with van der Waals surface area (Å²) in [6.07, 6.45) is -4.66. The van der Waals surface area contributed by atoms with Gasteiger partial charge in [0.2, 0.25) is 5.92 Å². The second-order valence-corrected chi connectivity index (χ2v) is 10.5. The molecule has 13 heteroatoms. The first-order chi connectivity index (χ1) is 18.7. The van der Waals surface area contributed by atoms with E-state index in [1.54, 1.807) is 0 Å². The van der Waals surface area contributed by atoms with E-state index < -0.39 is 65.3 Å². The zero-order valence-electron chi connectivity index (χ0n) is 20.9. The van der Waals surface area contributed by atoms with Crippen molar-refractivity contribution >= 4 is 29.1 Å². The molecule has 1 N–H and O–H groups in total. The Hall–Kier alpha value is -3.48. The van der Waals surface area contributed by atoms with E-state index in [1.807, 2.05) is 0 Å². The summed E-state index contributed by atoms with van der Waals surface area (Å²) in [6, 6.07) is 9.41. The van der Waals surface area contributed by atoms with Gasteiger partial charge in [-0.1, -0.05) is 23.9 Å². The number of halogens is 7. The van der Waals surface area contributed by atoms with Crippen LogP contribution in [0.5, 0.6) is 5.75 Å². The Morgan fingerprint density at radius 2 is 1.90 bits per heavy atom. The summed E-state index contributed by atoms with van der Waals surface area (Å²) in [5.41, 5.74) is -3.39. The summed E-state index contributed by atoms with van der Waals surface area (Å²) in [4.78, 5) is 16.4. The number of thioether (sulfide) groups is 1. The van der Waals surface area contributed by atoms with E-state index in [4.69, 9.17) is 4.74 Å². The van der Waals surface area contributed by atoms with Crippen LogP contribution < -0.4 is 9.64 Å². The predicted octanol–water partition coefficient (Wildman–Crippen LogP) is 8.11. The summed E-state index contributed by atoms with van der Waals surface area (Å²) in [6.45, 7) is -0.168. The van der Waals surface area contributed by atoms with Crippen LogP contribution in [0.2, 0.25) is 0 Å². The molecule has 5 nitrogen and oxygen atoms in total. The molecule has 214 valence electrons. The zero-order chi connectivity index (χ0) is 29.2. The fourth-order valence-electron chi connectivity index (χ4n) is 4.28. The molecule has 2 heterocycles. The minimum atomic E-state index is -4.95. The van der Waals surface area contributed by atoms with Crippen LogP contribution in [-0.4, -0.2) is 34.0 Å². The summed E-state index contributed by atoms with van der Waals surface area (Å²) in [7, 11) is 0. The molecule has 0 aliphatic carbocycles. The van der Waals surface area contributed by atoms with Crippen LogP contribution in [0.4, 0.5) is 42.1 Å². The fraction of sp³-hybridized carbons (Fsp3) is 0.333. The molecule has 0 saturated heterocycles. The number of aromatic nitrogens is 1. The molecule has 0 fully saturated rings. The van der Waals surface area contributed by atoms with E-state index in [2.05, 4.69) is 4.98 Å². The Morgan fingerprint density at radius 1 is 1.15 bits per heavy atom. The van der Waals surface area contributed by atoms with E-state index in [1.165, 1.54) is 35.4 Å². The molecule has 1 aromatic heterocycles. The van der Waals surface area contributed by atoms with Crippen molar-refractivity contribution in [3.05, 3.63) is 77.4 Å². The third-order valence-electron chi connectivity index (χ3n) is 6.24. The van der Waals surface area contributed by atoms with Crippen molar-refractivity contribution < 1.29 is 45.4 Å². The number of anilines is 2. The second kappa shape index (κ2) is 11.6. The van der Waals surface area contributed by atoms with Crippen LogP contribution in [0.3, 0.4) is 0 Å². The average molecular weight is 589 g/mol. The van der Waals surface area contributed by atoms with E-state index >= 15 is 4.39 Å². The van der Waals surface area contributed by atoms with Crippen molar-refractivity contribution in [3.8, 4) is 5.75 Å². The van der Waals surface area contributed by atoms with Gasteiger partial charge in [0.15, 0.2) is 11.2 Å². The van der Waals surface area contributed by atoms with Crippen LogP contribution in [0.1, 0.15) is 41.4 Å². The van der Waals surface area contributed by atoms with E-state index in [0.717, 1.165) is 24.3 Å². The number of aromatic carboxylic acids is 1. The van der Waals surface area contributed by atoms with E-state index in [-0.39, 0.29) is 34.8 Å². The molecule has 4 rings (SSSR count). The summed E-state index contributed by atoms with van der Waals surface area (Å²) in [5.74, 6) is -6.89. The molecule has 2 aromatic carbocycles. The highest BCUT2D eigenvalue weighted by Crippen LogP contribution is 2.50. The van der Waals surface area contributed by atoms with Gasteiger partial charge in [0.25, 0.3) is 0 Å². The van der Waals surface area contributed by atoms with Gasteiger partial charge < -0.3 is 14.7 Å². The molecule has 1 aliphatic rings. The normalized spacial score (nSPS) is 17.8. The maximum Gasteiger partial charge on any atom is 0.420 e. The van der Waals surface area contributed by atoms with Crippen LogP contribution in [0, 0.1) is 11.7 Å². The molecule has 2 atom stereocenters. The van der Waals surface area contributed by atoms with Crippen LogP contribution in [0.25, 0.3) is 0 Å². The molecule has 0 amide bonds. The number of hydrogen-bond acceptors (Lipinski definition) is 5. The number of carboxylic acid groups (broad SMARTS) is 1. The van der Waals surface area contributed by atoms with Gasteiger partial charge >= 0.3 is 12.1 Å². The molecule has 0 radical (unpaired) electrons. The van der Waals surface area contributed by atoms with Gasteiger partial charge in [0, 0.05) is 41.2 Å². The van der Waals surface area contributed by atoms with Crippen molar-refractivity contribution in [1.82, 2.24) is 4.98 Å². The Kier molecular flexibility index (Phi) is 8.52. The third kappa shape index (κ3) is 6.98. The number of carboxylic acids is 1. The van der Waals surface area contributed by atoms with Gasteiger partial charge in [-0.15, -0.1) is 0 Å².